The lowest BCUT2D eigenvalue weighted by Gasteiger charge is -2.36. The Morgan fingerprint density at radius 3 is 2.79 bits per heavy atom. The maximum Gasteiger partial charge on any atom is 0.0248 e. The van der Waals surface area contributed by atoms with Gasteiger partial charge in [-0.15, -0.1) is 0 Å². The lowest BCUT2D eigenvalue weighted by Crippen LogP contribution is -2.45. The zero-order chi connectivity index (χ0) is 13.1. The molecule has 2 aliphatic rings. The van der Waals surface area contributed by atoms with Crippen LogP contribution in [-0.4, -0.2) is 30.1 Å². The average Bonchev–Trinajstić information content (AvgIpc) is 3.24. The topological polar surface area (TPSA) is 15.3 Å². The number of rotatable bonds is 5. The molecule has 1 heterocycles. The van der Waals surface area contributed by atoms with Crippen molar-refractivity contribution >= 4 is 15.9 Å². The molecule has 19 heavy (non-hydrogen) atoms. The standard InChI is InChI=1S/C16H23BrN2/c17-16-7-2-1-5-13(16)12-19-10-4-3-6-15(19)11-18-14-8-9-14/h1-2,5,7,14-15,18H,3-4,6,8-12H2. The van der Waals surface area contributed by atoms with E-state index in [-0.39, 0.29) is 0 Å². The summed E-state index contributed by atoms with van der Waals surface area (Å²) in [5.74, 6) is 0. The number of benzene rings is 1. The molecule has 1 aliphatic heterocycles. The van der Waals surface area contributed by atoms with Crippen LogP contribution in [-0.2, 0) is 6.54 Å². The molecule has 3 rings (SSSR count). The van der Waals surface area contributed by atoms with Crippen molar-refractivity contribution in [2.45, 2.75) is 50.7 Å². The molecule has 1 saturated carbocycles. The predicted octanol–water partition coefficient (Wildman–Crippen LogP) is 3.56. The van der Waals surface area contributed by atoms with E-state index >= 15 is 0 Å². The number of hydrogen-bond acceptors (Lipinski definition) is 2. The van der Waals surface area contributed by atoms with Gasteiger partial charge in [0.25, 0.3) is 0 Å². The molecule has 104 valence electrons. The van der Waals surface area contributed by atoms with Crippen LogP contribution < -0.4 is 5.32 Å². The van der Waals surface area contributed by atoms with E-state index in [1.165, 1.54) is 55.2 Å². The molecule has 1 aromatic carbocycles. The van der Waals surface area contributed by atoms with Crippen LogP contribution in [0.15, 0.2) is 28.7 Å². The Labute approximate surface area is 124 Å². The maximum absolute atomic E-state index is 3.70. The Hall–Kier alpha value is -0.380. The highest BCUT2D eigenvalue weighted by Gasteiger charge is 2.26. The number of halogens is 1. The third-order valence-corrected chi connectivity index (χ3v) is 5.07. The monoisotopic (exact) mass is 322 g/mol. The van der Waals surface area contributed by atoms with E-state index in [0.29, 0.717) is 0 Å². The molecule has 2 nitrogen and oxygen atoms in total. The minimum absolute atomic E-state index is 0.724. The van der Waals surface area contributed by atoms with E-state index in [9.17, 15) is 0 Å². The summed E-state index contributed by atoms with van der Waals surface area (Å²) in [6.07, 6.45) is 6.87. The molecule has 0 amide bonds. The molecule has 1 saturated heterocycles. The van der Waals surface area contributed by atoms with E-state index in [1.807, 2.05) is 0 Å². The van der Waals surface area contributed by atoms with Crippen LogP contribution in [0.2, 0.25) is 0 Å². The molecule has 0 spiro atoms. The van der Waals surface area contributed by atoms with Crippen molar-refractivity contribution in [2.75, 3.05) is 13.1 Å². The second-order valence-electron chi connectivity index (χ2n) is 5.89. The van der Waals surface area contributed by atoms with Gasteiger partial charge < -0.3 is 5.32 Å². The summed E-state index contributed by atoms with van der Waals surface area (Å²) in [6, 6.07) is 10.2. The van der Waals surface area contributed by atoms with Gasteiger partial charge in [0.05, 0.1) is 0 Å². The number of hydrogen-bond donors (Lipinski definition) is 1. The molecule has 1 atom stereocenters. The highest BCUT2D eigenvalue weighted by atomic mass is 79.9. The molecule has 1 aromatic rings. The Morgan fingerprint density at radius 2 is 2.00 bits per heavy atom. The van der Waals surface area contributed by atoms with Crippen molar-refractivity contribution in [2.24, 2.45) is 0 Å². The van der Waals surface area contributed by atoms with E-state index in [4.69, 9.17) is 0 Å². The van der Waals surface area contributed by atoms with Gasteiger partial charge in [-0.25, -0.2) is 0 Å². The van der Waals surface area contributed by atoms with Crippen LogP contribution in [0.1, 0.15) is 37.7 Å². The predicted molar refractivity (Wildman–Crippen MR) is 83.2 cm³/mol. The third kappa shape index (κ3) is 3.80. The van der Waals surface area contributed by atoms with Crippen molar-refractivity contribution in [1.82, 2.24) is 10.2 Å². The summed E-state index contributed by atoms with van der Waals surface area (Å²) in [4.78, 5) is 2.67. The first kappa shape index (κ1) is 13.6. The summed E-state index contributed by atoms with van der Waals surface area (Å²) >= 11 is 3.67. The van der Waals surface area contributed by atoms with Crippen LogP contribution in [0, 0.1) is 0 Å². The van der Waals surface area contributed by atoms with Crippen molar-refractivity contribution in [3.63, 3.8) is 0 Å². The van der Waals surface area contributed by atoms with Gasteiger partial charge in [-0.3, -0.25) is 4.90 Å². The summed E-state index contributed by atoms with van der Waals surface area (Å²) in [5, 5.41) is 3.70. The average molecular weight is 323 g/mol. The molecule has 1 N–H and O–H groups in total. The Morgan fingerprint density at radius 1 is 1.16 bits per heavy atom. The first-order valence-electron chi connectivity index (χ1n) is 7.54. The summed E-state index contributed by atoms with van der Waals surface area (Å²) in [5.41, 5.74) is 1.42. The molecule has 1 unspecified atom stereocenters. The molecule has 3 heteroatoms. The SMILES string of the molecule is Brc1ccccc1CN1CCCCC1CNC1CC1. The molecule has 2 fully saturated rings. The normalized spacial score (nSPS) is 24.6. The van der Waals surface area contributed by atoms with Crippen molar-refractivity contribution in [3.8, 4) is 0 Å². The molecular formula is C16H23BrN2. The highest BCUT2D eigenvalue weighted by molar-refractivity contribution is 9.10. The molecule has 0 aromatic heterocycles. The smallest absolute Gasteiger partial charge is 0.0248 e. The maximum atomic E-state index is 3.70. The van der Waals surface area contributed by atoms with Gasteiger partial charge in [-0.05, 0) is 43.9 Å². The van der Waals surface area contributed by atoms with Crippen LogP contribution in [0.5, 0.6) is 0 Å². The second kappa shape index (κ2) is 6.38. The van der Waals surface area contributed by atoms with Crippen LogP contribution in [0.4, 0.5) is 0 Å². The fourth-order valence-corrected chi connectivity index (χ4v) is 3.35. The number of nitrogens with one attached hydrogen (secondary N) is 1. The van der Waals surface area contributed by atoms with E-state index in [1.54, 1.807) is 0 Å². The van der Waals surface area contributed by atoms with Gasteiger partial charge in [0, 0.05) is 29.6 Å². The summed E-state index contributed by atoms with van der Waals surface area (Å²) in [7, 11) is 0. The molecule has 0 radical (unpaired) electrons. The van der Waals surface area contributed by atoms with Crippen molar-refractivity contribution in [1.29, 1.82) is 0 Å². The number of nitrogens with zero attached hydrogens (tertiary/aromatic N) is 1. The van der Waals surface area contributed by atoms with E-state index in [0.717, 1.165) is 18.6 Å². The number of piperidine rings is 1. The fourth-order valence-electron chi connectivity index (χ4n) is 2.93. The van der Waals surface area contributed by atoms with E-state index in [2.05, 4.69) is 50.4 Å². The van der Waals surface area contributed by atoms with Gasteiger partial charge in [0.15, 0.2) is 0 Å². The lowest BCUT2D eigenvalue weighted by molar-refractivity contribution is 0.137. The Bertz CT molecular complexity index is 417. The first-order valence-corrected chi connectivity index (χ1v) is 8.33. The van der Waals surface area contributed by atoms with Crippen LogP contribution in [0.25, 0.3) is 0 Å². The highest BCUT2D eigenvalue weighted by Crippen LogP contribution is 2.24. The van der Waals surface area contributed by atoms with Gasteiger partial charge in [-0.1, -0.05) is 40.5 Å². The molecular weight excluding hydrogens is 300 g/mol. The Kier molecular flexibility index (Phi) is 4.57. The first-order chi connectivity index (χ1) is 9.33. The van der Waals surface area contributed by atoms with Gasteiger partial charge in [-0.2, -0.15) is 0 Å². The Balaban J connectivity index is 1.60. The molecule has 1 aliphatic carbocycles. The van der Waals surface area contributed by atoms with Gasteiger partial charge in [0.1, 0.15) is 0 Å². The zero-order valence-corrected chi connectivity index (χ0v) is 13.0. The van der Waals surface area contributed by atoms with Crippen molar-refractivity contribution < 1.29 is 0 Å². The lowest BCUT2D eigenvalue weighted by atomic mass is 10.0. The van der Waals surface area contributed by atoms with Crippen LogP contribution >= 0.6 is 15.9 Å². The molecule has 0 bridgehead atoms. The van der Waals surface area contributed by atoms with Crippen LogP contribution in [0.3, 0.4) is 0 Å². The minimum Gasteiger partial charge on any atom is -0.312 e. The minimum atomic E-state index is 0.724. The van der Waals surface area contributed by atoms with Gasteiger partial charge in [0.2, 0.25) is 0 Å². The second-order valence-corrected chi connectivity index (χ2v) is 6.75. The zero-order valence-electron chi connectivity index (χ0n) is 11.4. The number of likely N-dealkylation sites (tertiary alicyclic amines) is 1. The quantitative estimate of drug-likeness (QED) is 0.891. The third-order valence-electron chi connectivity index (χ3n) is 4.30. The fraction of sp³-hybridized carbons (Fsp3) is 0.625. The summed E-state index contributed by atoms with van der Waals surface area (Å²) < 4.78 is 1.24. The summed E-state index contributed by atoms with van der Waals surface area (Å²) in [6.45, 7) is 3.51. The van der Waals surface area contributed by atoms with Gasteiger partial charge >= 0.3 is 0 Å². The van der Waals surface area contributed by atoms with Crippen molar-refractivity contribution in [3.05, 3.63) is 34.3 Å². The van der Waals surface area contributed by atoms with E-state index < -0.39 is 0 Å². The largest absolute Gasteiger partial charge is 0.312 e.